The van der Waals surface area contributed by atoms with Crippen LogP contribution in [0.25, 0.3) is 0 Å². The van der Waals surface area contributed by atoms with Crippen molar-refractivity contribution < 1.29 is 9.84 Å². The van der Waals surface area contributed by atoms with Gasteiger partial charge in [0.05, 0.1) is 12.2 Å². The molecular formula is C13H28N2O2. The second kappa shape index (κ2) is 7.31. The number of hydrogen-bond acceptors (Lipinski definition) is 4. The van der Waals surface area contributed by atoms with E-state index >= 15 is 0 Å². The quantitative estimate of drug-likeness (QED) is 0.664. The molecule has 0 saturated carbocycles. The zero-order valence-electron chi connectivity index (χ0n) is 11.5. The molecule has 1 unspecified atom stereocenters. The number of ether oxygens (including phenoxy) is 1. The van der Waals surface area contributed by atoms with E-state index in [4.69, 9.17) is 4.74 Å². The Bertz CT molecular complexity index is 198. The Morgan fingerprint density at radius 1 is 1.41 bits per heavy atom. The molecule has 4 heteroatoms. The molecule has 0 aromatic carbocycles. The predicted octanol–water partition coefficient (Wildman–Crippen LogP) is 0.848. The summed E-state index contributed by atoms with van der Waals surface area (Å²) in [6.07, 6.45) is 3.36. The summed E-state index contributed by atoms with van der Waals surface area (Å²) in [7, 11) is 1.74. The van der Waals surface area contributed by atoms with Gasteiger partial charge in [-0.25, -0.2) is 0 Å². The lowest BCUT2D eigenvalue weighted by molar-refractivity contribution is 0.0516. The van der Waals surface area contributed by atoms with Gasteiger partial charge in [-0.15, -0.1) is 0 Å². The standard InChI is InChI=1S/C13H28N2O2/c1-13(2,16)6-8-15(9-10-17-3)11-12-5-4-7-14-12/h12,14,16H,4-11H2,1-3H3. The van der Waals surface area contributed by atoms with E-state index in [-0.39, 0.29) is 0 Å². The fraction of sp³-hybridized carbons (Fsp3) is 1.00. The number of methoxy groups -OCH3 is 1. The number of aliphatic hydroxyl groups is 1. The van der Waals surface area contributed by atoms with Gasteiger partial charge in [-0.1, -0.05) is 0 Å². The fourth-order valence-electron chi connectivity index (χ4n) is 2.17. The van der Waals surface area contributed by atoms with Gasteiger partial charge >= 0.3 is 0 Å². The second-order valence-corrected chi connectivity index (χ2v) is 5.65. The highest BCUT2D eigenvalue weighted by molar-refractivity contribution is 4.79. The molecule has 1 fully saturated rings. The van der Waals surface area contributed by atoms with Crippen molar-refractivity contribution in [3.05, 3.63) is 0 Å². The second-order valence-electron chi connectivity index (χ2n) is 5.65. The molecule has 0 bridgehead atoms. The van der Waals surface area contributed by atoms with Crippen LogP contribution >= 0.6 is 0 Å². The summed E-state index contributed by atoms with van der Waals surface area (Å²) in [6.45, 7) is 8.60. The number of hydrogen-bond donors (Lipinski definition) is 2. The average Bonchev–Trinajstić information content (AvgIpc) is 2.73. The zero-order valence-corrected chi connectivity index (χ0v) is 11.5. The average molecular weight is 244 g/mol. The summed E-state index contributed by atoms with van der Waals surface area (Å²) in [5.41, 5.74) is -0.575. The third-order valence-electron chi connectivity index (χ3n) is 3.29. The van der Waals surface area contributed by atoms with Gasteiger partial charge in [-0.05, 0) is 39.7 Å². The largest absolute Gasteiger partial charge is 0.390 e. The molecule has 4 nitrogen and oxygen atoms in total. The van der Waals surface area contributed by atoms with E-state index < -0.39 is 5.60 Å². The third kappa shape index (κ3) is 6.99. The highest BCUT2D eigenvalue weighted by Gasteiger charge is 2.20. The molecule has 0 aromatic rings. The lowest BCUT2D eigenvalue weighted by atomic mass is 10.1. The van der Waals surface area contributed by atoms with Crippen LogP contribution in [-0.4, -0.2) is 61.5 Å². The number of nitrogens with zero attached hydrogens (tertiary/aromatic N) is 1. The minimum atomic E-state index is -0.575. The first-order valence-electron chi connectivity index (χ1n) is 6.68. The van der Waals surface area contributed by atoms with Gasteiger partial charge in [-0.2, -0.15) is 0 Å². The Kier molecular flexibility index (Phi) is 6.41. The van der Waals surface area contributed by atoms with Crippen LogP contribution in [0.4, 0.5) is 0 Å². The van der Waals surface area contributed by atoms with Gasteiger partial charge < -0.3 is 15.2 Å². The molecule has 2 N–H and O–H groups in total. The molecule has 1 aliphatic rings. The van der Waals surface area contributed by atoms with Crippen molar-refractivity contribution in [3.8, 4) is 0 Å². The van der Waals surface area contributed by atoms with Crippen molar-refractivity contribution in [1.29, 1.82) is 0 Å². The van der Waals surface area contributed by atoms with Crippen LogP contribution in [0.3, 0.4) is 0 Å². The lowest BCUT2D eigenvalue weighted by Crippen LogP contribution is -2.41. The van der Waals surface area contributed by atoms with Crippen LogP contribution in [0.2, 0.25) is 0 Å². The maximum atomic E-state index is 9.78. The van der Waals surface area contributed by atoms with Crippen LogP contribution in [0.15, 0.2) is 0 Å². The molecule has 1 heterocycles. The van der Waals surface area contributed by atoms with Gasteiger partial charge in [0.1, 0.15) is 0 Å². The van der Waals surface area contributed by atoms with Gasteiger partial charge in [0.25, 0.3) is 0 Å². The zero-order chi connectivity index (χ0) is 12.7. The SMILES string of the molecule is COCCN(CCC(C)(C)O)CC1CCCN1. The molecule has 1 saturated heterocycles. The summed E-state index contributed by atoms with van der Waals surface area (Å²) in [6, 6.07) is 0.619. The van der Waals surface area contributed by atoms with Crippen molar-refractivity contribution in [2.75, 3.05) is 39.9 Å². The summed E-state index contributed by atoms with van der Waals surface area (Å²) >= 11 is 0. The molecule has 17 heavy (non-hydrogen) atoms. The smallest absolute Gasteiger partial charge is 0.0603 e. The van der Waals surface area contributed by atoms with Crippen LogP contribution in [0.5, 0.6) is 0 Å². The van der Waals surface area contributed by atoms with E-state index in [1.54, 1.807) is 7.11 Å². The highest BCUT2D eigenvalue weighted by Crippen LogP contribution is 2.11. The van der Waals surface area contributed by atoms with E-state index in [2.05, 4.69) is 10.2 Å². The summed E-state index contributed by atoms with van der Waals surface area (Å²) in [4.78, 5) is 2.39. The first-order chi connectivity index (χ1) is 8.01. The van der Waals surface area contributed by atoms with Crippen molar-refractivity contribution in [1.82, 2.24) is 10.2 Å². The normalized spacial score (nSPS) is 21.4. The Hall–Kier alpha value is -0.160. The summed E-state index contributed by atoms with van der Waals surface area (Å²) < 4.78 is 5.14. The van der Waals surface area contributed by atoms with Crippen LogP contribution < -0.4 is 5.32 Å². The van der Waals surface area contributed by atoms with Gasteiger partial charge in [0, 0.05) is 32.8 Å². The van der Waals surface area contributed by atoms with Crippen LogP contribution in [0.1, 0.15) is 33.1 Å². The molecule has 0 aliphatic carbocycles. The van der Waals surface area contributed by atoms with Crippen LogP contribution in [-0.2, 0) is 4.74 Å². The van der Waals surface area contributed by atoms with E-state index in [1.165, 1.54) is 12.8 Å². The molecule has 1 aliphatic heterocycles. The third-order valence-corrected chi connectivity index (χ3v) is 3.29. The van der Waals surface area contributed by atoms with E-state index in [9.17, 15) is 5.11 Å². The highest BCUT2D eigenvalue weighted by atomic mass is 16.5. The topological polar surface area (TPSA) is 44.7 Å². The van der Waals surface area contributed by atoms with Gasteiger partial charge in [0.2, 0.25) is 0 Å². The molecule has 0 aromatic heterocycles. The van der Waals surface area contributed by atoms with Crippen molar-refractivity contribution >= 4 is 0 Å². The first-order valence-corrected chi connectivity index (χ1v) is 6.68. The minimum absolute atomic E-state index is 0.575. The summed E-state index contributed by atoms with van der Waals surface area (Å²) in [5.74, 6) is 0. The fourth-order valence-corrected chi connectivity index (χ4v) is 2.17. The molecule has 102 valence electrons. The Morgan fingerprint density at radius 3 is 2.71 bits per heavy atom. The molecule has 0 radical (unpaired) electrons. The first kappa shape index (κ1) is 14.9. The monoisotopic (exact) mass is 244 g/mol. The Labute approximate surface area is 105 Å². The Balaban J connectivity index is 2.30. The molecular weight excluding hydrogens is 216 g/mol. The number of nitrogens with one attached hydrogen (secondary N) is 1. The number of rotatable bonds is 8. The predicted molar refractivity (Wildman–Crippen MR) is 70.3 cm³/mol. The molecule has 1 atom stereocenters. The van der Waals surface area contributed by atoms with Crippen molar-refractivity contribution in [2.24, 2.45) is 0 Å². The maximum absolute atomic E-state index is 9.78. The van der Waals surface area contributed by atoms with E-state index in [1.807, 2.05) is 13.8 Å². The maximum Gasteiger partial charge on any atom is 0.0603 e. The molecule has 1 rings (SSSR count). The molecule has 0 spiro atoms. The van der Waals surface area contributed by atoms with Gasteiger partial charge in [-0.3, -0.25) is 4.90 Å². The van der Waals surface area contributed by atoms with E-state index in [0.717, 1.165) is 39.2 Å². The summed E-state index contributed by atoms with van der Waals surface area (Å²) in [5, 5.41) is 13.3. The van der Waals surface area contributed by atoms with Crippen molar-refractivity contribution in [2.45, 2.75) is 44.8 Å². The lowest BCUT2D eigenvalue weighted by Gasteiger charge is -2.28. The Morgan fingerprint density at radius 2 is 2.18 bits per heavy atom. The molecule has 0 amide bonds. The van der Waals surface area contributed by atoms with E-state index in [0.29, 0.717) is 6.04 Å². The van der Waals surface area contributed by atoms with Crippen LogP contribution in [0, 0.1) is 0 Å². The van der Waals surface area contributed by atoms with Crippen molar-refractivity contribution in [3.63, 3.8) is 0 Å². The van der Waals surface area contributed by atoms with Gasteiger partial charge in [0.15, 0.2) is 0 Å². The minimum Gasteiger partial charge on any atom is -0.390 e.